The number of esters is 1. The minimum absolute atomic E-state index is 0.212. The van der Waals surface area contributed by atoms with Crippen molar-refractivity contribution in [3.8, 4) is 0 Å². The third kappa shape index (κ3) is 3.72. The van der Waals surface area contributed by atoms with Gasteiger partial charge in [-0.05, 0) is 37.1 Å². The molecule has 1 amide bonds. The number of methoxy groups -OCH3 is 1. The van der Waals surface area contributed by atoms with Crippen molar-refractivity contribution >= 4 is 50.7 Å². The fourth-order valence-electron chi connectivity index (χ4n) is 2.59. The highest BCUT2D eigenvalue weighted by molar-refractivity contribution is 7.20. The van der Waals surface area contributed by atoms with E-state index in [1.165, 1.54) is 18.0 Å². The van der Waals surface area contributed by atoms with Gasteiger partial charge in [-0.3, -0.25) is 14.2 Å². The van der Waals surface area contributed by atoms with Crippen LogP contribution in [0.5, 0.6) is 0 Å². The topological polar surface area (TPSA) is 90.3 Å². The molecule has 1 aromatic carbocycles. The maximum Gasteiger partial charge on any atom is 0.348 e. The summed E-state index contributed by atoms with van der Waals surface area (Å²) in [5, 5.41) is 3.55. The number of amides is 1. The highest BCUT2D eigenvalue weighted by Gasteiger charge is 2.20. The van der Waals surface area contributed by atoms with E-state index in [1.807, 2.05) is 6.92 Å². The van der Waals surface area contributed by atoms with Gasteiger partial charge in [-0.2, -0.15) is 0 Å². The summed E-state index contributed by atoms with van der Waals surface area (Å²) < 4.78 is 5.93. The number of aromatic nitrogens is 2. The largest absolute Gasteiger partial charge is 0.465 e. The normalized spacial score (nSPS) is 10.8. The molecule has 9 heteroatoms. The summed E-state index contributed by atoms with van der Waals surface area (Å²) in [6.07, 6.45) is 1.30. The predicted octanol–water partition coefficient (Wildman–Crippen LogP) is 3.15. The highest BCUT2D eigenvalue weighted by atomic mass is 35.5. The zero-order valence-electron chi connectivity index (χ0n) is 14.8. The molecule has 2 aromatic heterocycles. The molecular weight excluding hydrogens is 390 g/mol. The number of fused-ring (bicyclic) bond motifs is 1. The molecule has 3 rings (SSSR count). The quantitative estimate of drug-likeness (QED) is 0.673. The summed E-state index contributed by atoms with van der Waals surface area (Å²) in [5.41, 5.74) is 1.55. The first-order valence-corrected chi connectivity index (χ1v) is 9.14. The van der Waals surface area contributed by atoms with E-state index < -0.39 is 5.97 Å². The van der Waals surface area contributed by atoms with E-state index in [1.54, 1.807) is 25.1 Å². The summed E-state index contributed by atoms with van der Waals surface area (Å²) in [6.45, 7) is 3.31. The van der Waals surface area contributed by atoms with Crippen LogP contribution in [0.2, 0.25) is 5.02 Å². The second-order valence-electron chi connectivity index (χ2n) is 5.92. The Morgan fingerprint density at radius 2 is 2.07 bits per heavy atom. The molecule has 0 saturated heterocycles. The van der Waals surface area contributed by atoms with Crippen LogP contribution in [0.1, 0.15) is 20.8 Å². The molecule has 27 heavy (non-hydrogen) atoms. The Kier molecular flexibility index (Phi) is 5.29. The second kappa shape index (κ2) is 7.50. The summed E-state index contributed by atoms with van der Waals surface area (Å²) in [5.74, 6) is -0.908. The van der Waals surface area contributed by atoms with Crippen LogP contribution in [-0.2, 0) is 16.1 Å². The van der Waals surface area contributed by atoms with Crippen LogP contribution in [-0.4, -0.2) is 28.5 Å². The van der Waals surface area contributed by atoms with E-state index >= 15 is 0 Å². The Labute approximate surface area is 163 Å². The lowest BCUT2D eigenvalue weighted by Gasteiger charge is -2.08. The maximum atomic E-state index is 12.7. The molecule has 2 heterocycles. The number of thiophene rings is 1. The lowest BCUT2D eigenvalue weighted by Crippen LogP contribution is -2.27. The number of rotatable bonds is 4. The zero-order chi connectivity index (χ0) is 19.7. The van der Waals surface area contributed by atoms with Crippen molar-refractivity contribution in [3.63, 3.8) is 0 Å². The van der Waals surface area contributed by atoms with Gasteiger partial charge in [-0.1, -0.05) is 17.7 Å². The van der Waals surface area contributed by atoms with Crippen LogP contribution in [0.25, 0.3) is 10.2 Å². The minimum atomic E-state index is -0.518. The van der Waals surface area contributed by atoms with E-state index in [0.717, 1.165) is 16.9 Å². The van der Waals surface area contributed by atoms with Gasteiger partial charge < -0.3 is 10.1 Å². The molecule has 0 radical (unpaired) electrons. The Hall–Kier alpha value is -2.71. The fraction of sp³-hybridized carbons (Fsp3) is 0.222. The summed E-state index contributed by atoms with van der Waals surface area (Å²) in [7, 11) is 1.28. The van der Waals surface area contributed by atoms with Crippen LogP contribution in [0.3, 0.4) is 0 Å². The van der Waals surface area contributed by atoms with Crippen LogP contribution in [0.4, 0.5) is 5.69 Å². The lowest BCUT2D eigenvalue weighted by molar-refractivity contribution is -0.116. The first-order chi connectivity index (χ1) is 12.8. The van der Waals surface area contributed by atoms with E-state index in [0.29, 0.717) is 31.4 Å². The first-order valence-electron chi connectivity index (χ1n) is 7.94. The molecular formula is C18H16ClN3O4S. The number of anilines is 1. The molecule has 3 aromatic rings. The number of halogens is 1. The highest BCUT2D eigenvalue weighted by Crippen LogP contribution is 2.27. The number of carbonyl (C=O) groups is 2. The van der Waals surface area contributed by atoms with Crippen LogP contribution in [0, 0.1) is 13.8 Å². The predicted molar refractivity (Wildman–Crippen MR) is 105 cm³/mol. The molecule has 0 spiro atoms. The van der Waals surface area contributed by atoms with Gasteiger partial charge in [-0.25, -0.2) is 9.78 Å². The van der Waals surface area contributed by atoms with Gasteiger partial charge in [0.1, 0.15) is 16.3 Å². The van der Waals surface area contributed by atoms with Crippen LogP contribution in [0.15, 0.2) is 29.3 Å². The van der Waals surface area contributed by atoms with E-state index in [9.17, 15) is 14.4 Å². The Morgan fingerprint density at radius 3 is 2.74 bits per heavy atom. The van der Waals surface area contributed by atoms with Crippen molar-refractivity contribution in [2.75, 3.05) is 12.4 Å². The number of benzene rings is 1. The van der Waals surface area contributed by atoms with Gasteiger partial charge in [-0.15, -0.1) is 11.3 Å². The molecule has 0 bridgehead atoms. The van der Waals surface area contributed by atoms with Crippen molar-refractivity contribution < 1.29 is 14.3 Å². The Morgan fingerprint density at radius 1 is 1.33 bits per heavy atom. The van der Waals surface area contributed by atoms with Gasteiger partial charge >= 0.3 is 5.97 Å². The molecule has 1 N–H and O–H groups in total. The van der Waals surface area contributed by atoms with E-state index in [2.05, 4.69) is 10.3 Å². The molecule has 0 aliphatic rings. The van der Waals surface area contributed by atoms with Crippen LogP contribution >= 0.6 is 22.9 Å². The molecule has 0 atom stereocenters. The number of ether oxygens (including phenoxy) is 1. The van der Waals surface area contributed by atoms with Gasteiger partial charge in [0, 0.05) is 10.7 Å². The fourth-order valence-corrected chi connectivity index (χ4v) is 3.82. The monoisotopic (exact) mass is 405 g/mol. The lowest BCUT2D eigenvalue weighted by atomic mass is 10.2. The molecule has 0 fully saturated rings. The minimum Gasteiger partial charge on any atom is -0.465 e. The molecule has 0 aliphatic heterocycles. The van der Waals surface area contributed by atoms with Gasteiger partial charge in [0.25, 0.3) is 5.56 Å². The number of hydrogen-bond acceptors (Lipinski definition) is 6. The van der Waals surface area contributed by atoms with Crippen molar-refractivity contribution in [3.05, 3.63) is 55.9 Å². The average Bonchev–Trinajstić information content (AvgIpc) is 2.97. The molecule has 0 unspecified atom stereocenters. The van der Waals surface area contributed by atoms with Gasteiger partial charge in [0.05, 0.1) is 18.8 Å². The van der Waals surface area contributed by atoms with Crippen LogP contribution < -0.4 is 10.9 Å². The third-order valence-electron chi connectivity index (χ3n) is 4.06. The molecule has 140 valence electrons. The summed E-state index contributed by atoms with van der Waals surface area (Å²) in [4.78, 5) is 41.8. The standard InChI is InChI=1S/C18H16ClN3O4S/c1-9-4-5-11(6-12(9)19)21-13(23)7-22-8-20-16-14(17(22)24)10(2)15(27-16)18(25)26-3/h4-6,8H,7H2,1-3H3,(H,21,23). The number of aryl methyl sites for hydroxylation is 2. The number of nitrogens with one attached hydrogen (secondary N) is 1. The number of hydrogen-bond donors (Lipinski definition) is 1. The van der Waals surface area contributed by atoms with Gasteiger partial charge in [0.2, 0.25) is 5.91 Å². The third-order valence-corrected chi connectivity index (χ3v) is 5.64. The first kappa shape index (κ1) is 19.1. The summed E-state index contributed by atoms with van der Waals surface area (Å²) >= 11 is 7.14. The molecule has 7 nitrogen and oxygen atoms in total. The number of carbonyl (C=O) groups excluding carboxylic acids is 2. The van der Waals surface area contributed by atoms with Crippen molar-refractivity contribution in [1.29, 1.82) is 0 Å². The zero-order valence-corrected chi connectivity index (χ0v) is 16.4. The smallest absolute Gasteiger partial charge is 0.348 e. The number of nitrogens with zero attached hydrogens (tertiary/aromatic N) is 2. The molecule has 0 aliphatic carbocycles. The van der Waals surface area contributed by atoms with E-state index in [4.69, 9.17) is 16.3 Å². The van der Waals surface area contributed by atoms with Crippen molar-refractivity contribution in [2.24, 2.45) is 0 Å². The Balaban J connectivity index is 1.88. The summed E-state index contributed by atoms with van der Waals surface area (Å²) in [6, 6.07) is 5.17. The van der Waals surface area contributed by atoms with Crippen molar-refractivity contribution in [1.82, 2.24) is 9.55 Å². The maximum absolute atomic E-state index is 12.7. The second-order valence-corrected chi connectivity index (χ2v) is 7.32. The average molecular weight is 406 g/mol. The van der Waals surface area contributed by atoms with Crippen molar-refractivity contribution in [2.45, 2.75) is 20.4 Å². The SMILES string of the molecule is COC(=O)c1sc2ncn(CC(=O)Nc3ccc(C)c(Cl)c3)c(=O)c2c1C. The van der Waals surface area contributed by atoms with E-state index in [-0.39, 0.29) is 18.0 Å². The molecule has 0 saturated carbocycles. The van der Waals surface area contributed by atoms with Gasteiger partial charge in [0.15, 0.2) is 0 Å². The Bertz CT molecular complexity index is 1120.